The summed E-state index contributed by atoms with van der Waals surface area (Å²) in [5, 5.41) is 5.97. The second kappa shape index (κ2) is 4.05. The highest BCUT2D eigenvalue weighted by molar-refractivity contribution is 6.09. The molecule has 2 heterocycles. The Hall–Kier alpha value is -1.10. The maximum absolute atomic E-state index is 12.0. The van der Waals surface area contributed by atoms with Crippen molar-refractivity contribution in [3.05, 3.63) is 0 Å². The summed E-state index contributed by atoms with van der Waals surface area (Å²) in [5.74, 6) is 1.03. The van der Waals surface area contributed by atoms with Gasteiger partial charge in [-0.2, -0.15) is 0 Å². The first-order chi connectivity index (χ1) is 7.57. The molecule has 0 saturated carbocycles. The molecule has 0 aromatic heterocycles. The van der Waals surface area contributed by atoms with E-state index in [0.717, 1.165) is 6.42 Å². The van der Waals surface area contributed by atoms with E-state index in [-0.39, 0.29) is 12.0 Å². The Kier molecular flexibility index (Phi) is 2.88. The predicted octanol–water partition coefficient (Wildman–Crippen LogP) is 0.265. The summed E-state index contributed by atoms with van der Waals surface area (Å²) < 4.78 is 5.68. The number of amides is 1. The van der Waals surface area contributed by atoms with Gasteiger partial charge in [0.15, 0.2) is 5.96 Å². The highest BCUT2D eigenvalue weighted by Gasteiger charge is 2.48. The van der Waals surface area contributed by atoms with Gasteiger partial charge < -0.3 is 10.1 Å². The zero-order chi connectivity index (χ0) is 11.8. The van der Waals surface area contributed by atoms with Gasteiger partial charge in [-0.05, 0) is 5.92 Å². The molecule has 2 atom stereocenters. The number of nitrogens with one attached hydrogen (secondary N) is 2. The number of aliphatic imine (C=N–C) groups is 1. The summed E-state index contributed by atoms with van der Waals surface area (Å²) in [6, 6.07) is 0. The van der Waals surface area contributed by atoms with Gasteiger partial charge >= 0.3 is 0 Å². The van der Waals surface area contributed by atoms with Crippen LogP contribution in [-0.4, -0.2) is 37.2 Å². The first-order valence-electron chi connectivity index (χ1n) is 5.75. The van der Waals surface area contributed by atoms with E-state index in [2.05, 4.69) is 29.5 Å². The van der Waals surface area contributed by atoms with Gasteiger partial charge in [-0.1, -0.05) is 13.8 Å². The SMILES string of the molecule is CN=C1NC(=O)C2(CCOC(C(C)C)C2)N1. The molecule has 2 saturated heterocycles. The minimum Gasteiger partial charge on any atom is -0.378 e. The minimum atomic E-state index is -0.498. The van der Waals surface area contributed by atoms with Crippen LogP contribution in [0.1, 0.15) is 26.7 Å². The van der Waals surface area contributed by atoms with Gasteiger partial charge in [0.25, 0.3) is 5.91 Å². The van der Waals surface area contributed by atoms with Crippen LogP contribution in [0.5, 0.6) is 0 Å². The van der Waals surface area contributed by atoms with Crippen LogP contribution < -0.4 is 10.6 Å². The highest BCUT2D eigenvalue weighted by atomic mass is 16.5. The van der Waals surface area contributed by atoms with Crippen molar-refractivity contribution in [3.8, 4) is 0 Å². The lowest BCUT2D eigenvalue weighted by Crippen LogP contribution is -2.54. The molecule has 90 valence electrons. The first kappa shape index (κ1) is 11.4. The Morgan fingerprint density at radius 1 is 1.56 bits per heavy atom. The molecule has 0 bridgehead atoms. The van der Waals surface area contributed by atoms with Crippen molar-refractivity contribution in [2.75, 3.05) is 13.7 Å². The minimum absolute atomic E-state index is 0.0297. The van der Waals surface area contributed by atoms with Gasteiger partial charge in [-0.25, -0.2) is 0 Å². The molecule has 2 aliphatic rings. The number of carbonyl (C=O) groups is 1. The molecule has 1 amide bonds. The van der Waals surface area contributed by atoms with E-state index in [1.165, 1.54) is 0 Å². The maximum Gasteiger partial charge on any atom is 0.252 e. The van der Waals surface area contributed by atoms with Crippen molar-refractivity contribution in [1.29, 1.82) is 0 Å². The average Bonchev–Trinajstić information content (AvgIpc) is 2.56. The Labute approximate surface area is 95.6 Å². The normalized spacial score (nSPS) is 36.9. The van der Waals surface area contributed by atoms with E-state index in [4.69, 9.17) is 4.74 Å². The fraction of sp³-hybridized carbons (Fsp3) is 0.818. The van der Waals surface area contributed by atoms with Crippen molar-refractivity contribution in [3.63, 3.8) is 0 Å². The van der Waals surface area contributed by atoms with Crippen LogP contribution in [0.15, 0.2) is 4.99 Å². The summed E-state index contributed by atoms with van der Waals surface area (Å²) in [4.78, 5) is 16.0. The van der Waals surface area contributed by atoms with E-state index < -0.39 is 5.54 Å². The average molecular weight is 225 g/mol. The second-order valence-corrected chi connectivity index (χ2v) is 4.84. The molecule has 0 aromatic rings. The van der Waals surface area contributed by atoms with Crippen molar-refractivity contribution in [2.24, 2.45) is 10.9 Å². The summed E-state index contributed by atoms with van der Waals surface area (Å²) in [6.07, 6.45) is 1.57. The van der Waals surface area contributed by atoms with Gasteiger partial charge in [-0.15, -0.1) is 0 Å². The van der Waals surface area contributed by atoms with E-state index in [9.17, 15) is 4.79 Å². The van der Waals surface area contributed by atoms with Crippen molar-refractivity contribution >= 4 is 11.9 Å². The molecule has 2 unspecified atom stereocenters. The molecule has 2 fully saturated rings. The smallest absolute Gasteiger partial charge is 0.252 e. The number of rotatable bonds is 1. The highest BCUT2D eigenvalue weighted by Crippen LogP contribution is 2.30. The van der Waals surface area contributed by atoms with E-state index in [1.807, 2.05) is 0 Å². The molecule has 1 spiro atoms. The topological polar surface area (TPSA) is 62.7 Å². The van der Waals surface area contributed by atoms with Crippen molar-refractivity contribution < 1.29 is 9.53 Å². The number of guanidine groups is 1. The van der Waals surface area contributed by atoms with Gasteiger partial charge in [-0.3, -0.25) is 15.1 Å². The van der Waals surface area contributed by atoms with Crippen LogP contribution >= 0.6 is 0 Å². The lowest BCUT2D eigenvalue weighted by atomic mass is 9.83. The third-order valence-corrected chi connectivity index (χ3v) is 3.40. The zero-order valence-electron chi connectivity index (χ0n) is 10.0. The number of ether oxygens (including phenoxy) is 1. The van der Waals surface area contributed by atoms with E-state index in [0.29, 0.717) is 24.9 Å². The molecule has 0 aliphatic carbocycles. The molecule has 16 heavy (non-hydrogen) atoms. The van der Waals surface area contributed by atoms with Gasteiger partial charge in [0.2, 0.25) is 0 Å². The van der Waals surface area contributed by atoms with Gasteiger partial charge in [0, 0.05) is 26.5 Å². The zero-order valence-corrected chi connectivity index (χ0v) is 10.0. The number of carbonyl (C=O) groups excluding carboxylic acids is 1. The molecule has 2 N–H and O–H groups in total. The maximum atomic E-state index is 12.0. The number of hydrogen-bond donors (Lipinski definition) is 2. The Morgan fingerprint density at radius 2 is 2.31 bits per heavy atom. The Morgan fingerprint density at radius 3 is 2.88 bits per heavy atom. The molecule has 5 heteroatoms. The standard InChI is InChI=1S/C11H19N3O2/c1-7(2)8-6-11(4-5-16-8)9(15)13-10(12-3)14-11/h7-8H,4-6H2,1-3H3,(H2,12,13,14,15). The first-order valence-corrected chi connectivity index (χ1v) is 5.75. The molecule has 5 nitrogen and oxygen atoms in total. The van der Waals surface area contributed by atoms with Crippen molar-refractivity contribution in [2.45, 2.75) is 38.3 Å². The van der Waals surface area contributed by atoms with Crippen LogP contribution in [0.25, 0.3) is 0 Å². The van der Waals surface area contributed by atoms with Crippen LogP contribution in [0.4, 0.5) is 0 Å². The molecular weight excluding hydrogens is 206 g/mol. The van der Waals surface area contributed by atoms with Gasteiger partial charge in [0.05, 0.1) is 6.10 Å². The lowest BCUT2D eigenvalue weighted by molar-refractivity contribution is -0.131. The fourth-order valence-corrected chi connectivity index (χ4v) is 2.29. The largest absolute Gasteiger partial charge is 0.378 e. The quantitative estimate of drug-likeness (QED) is 0.673. The fourth-order valence-electron chi connectivity index (χ4n) is 2.29. The molecule has 2 aliphatic heterocycles. The summed E-state index contributed by atoms with van der Waals surface area (Å²) in [7, 11) is 1.67. The number of hydrogen-bond acceptors (Lipinski definition) is 3. The third-order valence-electron chi connectivity index (χ3n) is 3.40. The Bertz CT molecular complexity index is 327. The van der Waals surface area contributed by atoms with Crippen LogP contribution in [0.2, 0.25) is 0 Å². The van der Waals surface area contributed by atoms with Crippen molar-refractivity contribution in [1.82, 2.24) is 10.6 Å². The summed E-state index contributed by atoms with van der Waals surface area (Å²) >= 11 is 0. The third kappa shape index (κ3) is 1.80. The van der Waals surface area contributed by atoms with Crippen LogP contribution in [-0.2, 0) is 9.53 Å². The predicted molar refractivity (Wildman–Crippen MR) is 61.2 cm³/mol. The van der Waals surface area contributed by atoms with Crippen LogP contribution in [0.3, 0.4) is 0 Å². The van der Waals surface area contributed by atoms with Crippen LogP contribution in [0, 0.1) is 5.92 Å². The molecule has 0 radical (unpaired) electrons. The summed E-state index contributed by atoms with van der Waals surface area (Å²) in [6.45, 7) is 4.86. The second-order valence-electron chi connectivity index (χ2n) is 4.84. The van der Waals surface area contributed by atoms with Gasteiger partial charge in [0.1, 0.15) is 5.54 Å². The lowest BCUT2D eigenvalue weighted by Gasteiger charge is -2.37. The van der Waals surface area contributed by atoms with E-state index in [1.54, 1.807) is 7.05 Å². The Balaban J connectivity index is 2.16. The molecule has 0 aromatic carbocycles. The molecule has 2 rings (SSSR count). The number of nitrogens with zero attached hydrogens (tertiary/aromatic N) is 1. The molecular formula is C11H19N3O2. The van der Waals surface area contributed by atoms with E-state index >= 15 is 0 Å². The monoisotopic (exact) mass is 225 g/mol. The summed E-state index contributed by atoms with van der Waals surface area (Å²) in [5.41, 5.74) is -0.498.